The van der Waals surface area contributed by atoms with Gasteiger partial charge in [-0.05, 0) is 40.2 Å². The van der Waals surface area contributed by atoms with E-state index in [0.717, 1.165) is 0 Å². The molecule has 0 saturated carbocycles. The molecule has 1 amide bonds. The van der Waals surface area contributed by atoms with Crippen molar-refractivity contribution < 1.29 is 23.7 Å². The number of nitrogens with zero attached hydrogens (tertiary/aromatic N) is 1. The molecule has 1 aliphatic heterocycles. The van der Waals surface area contributed by atoms with Crippen molar-refractivity contribution in [2.24, 2.45) is 5.10 Å². The van der Waals surface area contributed by atoms with Crippen LogP contribution < -0.4 is 24.4 Å². The number of fused-ring (bicyclic) bond motifs is 1. The summed E-state index contributed by atoms with van der Waals surface area (Å²) in [5.74, 6) is 1.94. The Bertz CT molecular complexity index is 859. The molecule has 0 unspecified atom stereocenters. The van der Waals surface area contributed by atoms with Gasteiger partial charge in [0.1, 0.15) is 11.5 Å². The fraction of sp³-hybridized carbons (Fsp3) is 0.176. The van der Waals surface area contributed by atoms with Gasteiger partial charge in [0.15, 0.2) is 18.1 Å². The fourth-order valence-electron chi connectivity index (χ4n) is 2.11. The summed E-state index contributed by atoms with van der Waals surface area (Å²) < 4.78 is 21.7. The van der Waals surface area contributed by atoms with Crippen LogP contribution in [0, 0.1) is 0 Å². The van der Waals surface area contributed by atoms with Gasteiger partial charge in [-0.2, -0.15) is 5.10 Å². The topological polar surface area (TPSA) is 78.4 Å². The molecule has 0 aromatic heterocycles. The summed E-state index contributed by atoms with van der Waals surface area (Å²) in [5, 5.41) is 4.31. The first kappa shape index (κ1) is 18.3. The Kier molecular flexibility index (Phi) is 5.85. The first-order chi connectivity index (χ1) is 12.6. The number of methoxy groups -OCH3 is 1. The minimum absolute atomic E-state index is 0.154. The van der Waals surface area contributed by atoms with Gasteiger partial charge in [0.25, 0.3) is 5.91 Å². The molecule has 0 spiro atoms. The zero-order chi connectivity index (χ0) is 18.5. The highest BCUT2D eigenvalue weighted by molar-refractivity contribution is 9.10. The molecule has 0 saturated heterocycles. The van der Waals surface area contributed by atoms with E-state index in [-0.39, 0.29) is 13.4 Å². The van der Waals surface area contributed by atoms with Crippen LogP contribution in [0.25, 0.3) is 0 Å². The SMILES string of the molecule is COc1ccc(OCC(=O)N/N=C\c2cc3c(cc2Cl)OCO3)c(Br)c1. The molecule has 2 aromatic rings. The minimum Gasteiger partial charge on any atom is -0.497 e. The Balaban J connectivity index is 1.54. The van der Waals surface area contributed by atoms with Gasteiger partial charge >= 0.3 is 0 Å². The summed E-state index contributed by atoms with van der Waals surface area (Å²) >= 11 is 9.48. The van der Waals surface area contributed by atoms with Crippen molar-refractivity contribution in [1.29, 1.82) is 0 Å². The summed E-state index contributed by atoms with van der Waals surface area (Å²) in [6.07, 6.45) is 1.42. The van der Waals surface area contributed by atoms with Gasteiger partial charge in [0.05, 0.1) is 22.8 Å². The number of nitrogens with one attached hydrogen (secondary N) is 1. The molecule has 0 fully saturated rings. The maximum Gasteiger partial charge on any atom is 0.277 e. The maximum absolute atomic E-state index is 11.8. The van der Waals surface area contributed by atoms with Crippen LogP contribution in [0.1, 0.15) is 5.56 Å². The van der Waals surface area contributed by atoms with Crippen molar-refractivity contribution >= 4 is 39.7 Å². The largest absolute Gasteiger partial charge is 0.497 e. The average molecular weight is 442 g/mol. The lowest BCUT2D eigenvalue weighted by atomic mass is 10.2. The van der Waals surface area contributed by atoms with Gasteiger partial charge in [0.2, 0.25) is 6.79 Å². The third-order valence-corrected chi connectivity index (χ3v) is 4.33. The number of carbonyl (C=O) groups excluding carboxylic acids is 1. The van der Waals surface area contributed by atoms with Crippen LogP contribution in [-0.2, 0) is 4.79 Å². The molecule has 3 rings (SSSR count). The van der Waals surface area contributed by atoms with Crippen LogP contribution in [-0.4, -0.2) is 32.6 Å². The lowest BCUT2D eigenvalue weighted by molar-refractivity contribution is -0.123. The molecular formula is C17H14BrClN2O5. The number of hydrogen-bond acceptors (Lipinski definition) is 6. The molecule has 1 aliphatic rings. The Morgan fingerprint density at radius 3 is 2.85 bits per heavy atom. The highest BCUT2D eigenvalue weighted by atomic mass is 79.9. The van der Waals surface area contributed by atoms with Crippen molar-refractivity contribution in [3.63, 3.8) is 0 Å². The number of hydrazone groups is 1. The predicted octanol–water partition coefficient (Wildman–Crippen LogP) is 3.37. The monoisotopic (exact) mass is 440 g/mol. The molecule has 0 aliphatic carbocycles. The standard InChI is InChI=1S/C17H14BrClN2O5/c1-23-11-2-3-14(12(18)5-11)24-8-17(22)21-20-7-10-4-15-16(6-13(10)19)26-9-25-15/h2-7H,8-9H2,1H3,(H,21,22)/b20-7-. The van der Waals surface area contributed by atoms with E-state index in [1.807, 2.05) is 0 Å². The zero-order valence-electron chi connectivity index (χ0n) is 13.6. The van der Waals surface area contributed by atoms with E-state index in [1.165, 1.54) is 6.21 Å². The first-order valence-electron chi connectivity index (χ1n) is 7.44. The number of amides is 1. The minimum atomic E-state index is -0.416. The van der Waals surface area contributed by atoms with E-state index in [4.69, 9.17) is 30.5 Å². The van der Waals surface area contributed by atoms with Crippen LogP contribution in [0.3, 0.4) is 0 Å². The molecule has 0 atom stereocenters. The van der Waals surface area contributed by atoms with Crippen molar-refractivity contribution in [1.82, 2.24) is 5.43 Å². The molecule has 1 heterocycles. The molecule has 0 bridgehead atoms. The van der Waals surface area contributed by atoms with Crippen LogP contribution in [0.2, 0.25) is 5.02 Å². The van der Waals surface area contributed by atoms with Gasteiger partial charge in [-0.15, -0.1) is 0 Å². The molecule has 0 radical (unpaired) electrons. The van der Waals surface area contributed by atoms with Gasteiger partial charge in [-0.3, -0.25) is 4.79 Å². The molecule has 2 aromatic carbocycles. The van der Waals surface area contributed by atoms with E-state index in [2.05, 4.69) is 26.5 Å². The van der Waals surface area contributed by atoms with Crippen molar-refractivity contribution in [3.8, 4) is 23.0 Å². The molecule has 26 heavy (non-hydrogen) atoms. The summed E-state index contributed by atoms with van der Waals surface area (Å²) in [7, 11) is 1.57. The quantitative estimate of drug-likeness (QED) is 0.549. The third kappa shape index (κ3) is 4.39. The molecule has 136 valence electrons. The van der Waals surface area contributed by atoms with Crippen molar-refractivity contribution in [3.05, 3.63) is 45.4 Å². The predicted molar refractivity (Wildman–Crippen MR) is 99.5 cm³/mol. The smallest absolute Gasteiger partial charge is 0.277 e. The summed E-state index contributed by atoms with van der Waals surface area (Å²) in [6, 6.07) is 8.50. The summed E-state index contributed by atoms with van der Waals surface area (Å²) in [6.45, 7) is -0.0433. The third-order valence-electron chi connectivity index (χ3n) is 3.38. The number of benzene rings is 2. The highest BCUT2D eigenvalue weighted by Gasteiger charge is 2.15. The van der Waals surface area contributed by atoms with Crippen molar-refractivity contribution in [2.45, 2.75) is 0 Å². The Morgan fingerprint density at radius 2 is 2.12 bits per heavy atom. The summed E-state index contributed by atoms with van der Waals surface area (Å²) in [5.41, 5.74) is 2.97. The Morgan fingerprint density at radius 1 is 1.35 bits per heavy atom. The second-order valence-electron chi connectivity index (χ2n) is 5.11. The summed E-state index contributed by atoms with van der Waals surface area (Å²) in [4.78, 5) is 11.8. The van der Waals surface area contributed by atoms with Crippen LogP contribution in [0.4, 0.5) is 0 Å². The lowest BCUT2D eigenvalue weighted by Crippen LogP contribution is -2.24. The van der Waals surface area contributed by atoms with Crippen LogP contribution in [0.5, 0.6) is 23.0 Å². The van der Waals surface area contributed by atoms with Crippen LogP contribution in [0.15, 0.2) is 39.9 Å². The van der Waals surface area contributed by atoms with Gasteiger partial charge in [0, 0.05) is 11.6 Å². The lowest BCUT2D eigenvalue weighted by Gasteiger charge is -2.08. The number of rotatable bonds is 6. The van der Waals surface area contributed by atoms with Gasteiger partial charge < -0.3 is 18.9 Å². The van der Waals surface area contributed by atoms with E-state index >= 15 is 0 Å². The van der Waals surface area contributed by atoms with Gasteiger partial charge in [-0.1, -0.05) is 11.6 Å². The zero-order valence-corrected chi connectivity index (χ0v) is 16.0. The second kappa shape index (κ2) is 8.29. The van der Waals surface area contributed by atoms with E-state index in [0.29, 0.717) is 38.1 Å². The van der Waals surface area contributed by atoms with Crippen molar-refractivity contribution in [2.75, 3.05) is 20.5 Å². The first-order valence-corrected chi connectivity index (χ1v) is 8.61. The normalized spacial score (nSPS) is 12.3. The second-order valence-corrected chi connectivity index (χ2v) is 6.37. The maximum atomic E-state index is 11.8. The number of carbonyl (C=O) groups is 1. The molecular weight excluding hydrogens is 428 g/mol. The van der Waals surface area contributed by atoms with E-state index in [9.17, 15) is 4.79 Å². The fourth-order valence-corrected chi connectivity index (χ4v) is 2.78. The Labute approximate surface area is 163 Å². The molecule has 9 heteroatoms. The average Bonchev–Trinajstić information content (AvgIpc) is 3.07. The number of halogens is 2. The molecule has 1 N–H and O–H groups in total. The van der Waals surface area contributed by atoms with Crippen LogP contribution >= 0.6 is 27.5 Å². The Hall–Kier alpha value is -2.45. The van der Waals surface area contributed by atoms with Gasteiger partial charge in [-0.25, -0.2) is 5.43 Å². The number of hydrogen-bond donors (Lipinski definition) is 1. The molecule has 7 nitrogen and oxygen atoms in total. The number of ether oxygens (including phenoxy) is 4. The highest BCUT2D eigenvalue weighted by Crippen LogP contribution is 2.36. The van der Waals surface area contributed by atoms with E-state index in [1.54, 1.807) is 37.4 Å². The van der Waals surface area contributed by atoms with E-state index < -0.39 is 5.91 Å².